The van der Waals surface area contributed by atoms with E-state index in [2.05, 4.69) is 10.6 Å². The van der Waals surface area contributed by atoms with Crippen LogP contribution in [-0.4, -0.2) is 41.8 Å². The summed E-state index contributed by atoms with van der Waals surface area (Å²) < 4.78 is 40.8. The number of nitrogens with one attached hydrogen (secondary N) is 2. The number of carbonyl (C=O) groups is 3. The van der Waals surface area contributed by atoms with E-state index in [1.54, 1.807) is 20.8 Å². The Kier molecular flexibility index (Phi) is 8.80. The minimum atomic E-state index is -1.09. The van der Waals surface area contributed by atoms with Gasteiger partial charge in [0.25, 0.3) is 5.91 Å². The fourth-order valence-electron chi connectivity index (χ4n) is 3.02. The standard InChI is InChI=1S/C23H26F3N3O3/c1-4-29(13-19(30)27-12-15-8-10-16(24)11-9-15)23(32)21(14(2)3)28-22(31)20-17(25)6-5-7-18(20)26/h5-11,14,21H,4,12-13H2,1-3H3,(H,27,30)(H,28,31). The topological polar surface area (TPSA) is 78.5 Å². The Labute approximate surface area is 184 Å². The molecule has 172 valence electrons. The Hall–Kier alpha value is -3.36. The normalized spacial score (nSPS) is 11.7. The van der Waals surface area contributed by atoms with Crippen LogP contribution in [0.2, 0.25) is 0 Å². The molecule has 2 aromatic rings. The Balaban J connectivity index is 2.05. The highest BCUT2D eigenvalue weighted by Crippen LogP contribution is 2.14. The van der Waals surface area contributed by atoms with E-state index in [0.29, 0.717) is 5.56 Å². The van der Waals surface area contributed by atoms with E-state index in [0.717, 1.165) is 18.2 Å². The second-order valence-corrected chi connectivity index (χ2v) is 7.55. The molecule has 2 N–H and O–H groups in total. The van der Waals surface area contributed by atoms with Gasteiger partial charge in [-0.05, 0) is 42.7 Å². The summed E-state index contributed by atoms with van der Waals surface area (Å²) in [7, 11) is 0. The summed E-state index contributed by atoms with van der Waals surface area (Å²) in [5, 5.41) is 5.03. The zero-order valence-electron chi connectivity index (χ0n) is 18.1. The maximum absolute atomic E-state index is 13.9. The van der Waals surface area contributed by atoms with Crippen molar-refractivity contribution >= 4 is 17.7 Å². The molecule has 32 heavy (non-hydrogen) atoms. The maximum Gasteiger partial charge on any atom is 0.257 e. The number of carbonyl (C=O) groups excluding carboxylic acids is 3. The molecule has 0 fully saturated rings. The summed E-state index contributed by atoms with van der Waals surface area (Å²) in [5.41, 5.74) is -0.0839. The van der Waals surface area contributed by atoms with Crippen LogP contribution in [0.4, 0.5) is 13.2 Å². The Morgan fingerprint density at radius 3 is 2.09 bits per heavy atom. The molecule has 3 amide bonds. The van der Waals surface area contributed by atoms with Crippen LogP contribution in [0.25, 0.3) is 0 Å². The van der Waals surface area contributed by atoms with E-state index in [4.69, 9.17) is 0 Å². The summed E-state index contributed by atoms with van der Waals surface area (Å²) in [6, 6.07) is 7.56. The first kappa shape index (κ1) is 24.9. The van der Waals surface area contributed by atoms with Gasteiger partial charge in [0.05, 0.1) is 6.54 Å². The number of rotatable bonds is 9. The van der Waals surface area contributed by atoms with Crippen LogP contribution in [-0.2, 0) is 16.1 Å². The zero-order chi connectivity index (χ0) is 23.8. The van der Waals surface area contributed by atoms with Crippen LogP contribution in [0.3, 0.4) is 0 Å². The summed E-state index contributed by atoms with van der Waals surface area (Å²) in [4.78, 5) is 39.0. The quantitative estimate of drug-likeness (QED) is 0.618. The Morgan fingerprint density at radius 2 is 1.56 bits per heavy atom. The van der Waals surface area contributed by atoms with Crippen LogP contribution >= 0.6 is 0 Å². The summed E-state index contributed by atoms with van der Waals surface area (Å²) in [5.74, 6) is -4.92. The van der Waals surface area contributed by atoms with Crippen LogP contribution in [0, 0.1) is 23.4 Å². The molecule has 2 rings (SSSR count). The minimum Gasteiger partial charge on any atom is -0.350 e. The molecule has 2 aromatic carbocycles. The average Bonchev–Trinajstić information content (AvgIpc) is 2.74. The van der Waals surface area contributed by atoms with Crippen molar-refractivity contribution in [3.63, 3.8) is 0 Å². The van der Waals surface area contributed by atoms with Crippen LogP contribution in [0.1, 0.15) is 36.7 Å². The lowest BCUT2D eigenvalue weighted by molar-refractivity contribution is -0.138. The van der Waals surface area contributed by atoms with Crippen molar-refractivity contribution in [2.75, 3.05) is 13.1 Å². The van der Waals surface area contributed by atoms with Gasteiger partial charge in [0.2, 0.25) is 11.8 Å². The molecule has 0 aliphatic rings. The van der Waals surface area contributed by atoms with Crippen molar-refractivity contribution in [2.45, 2.75) is 33.4 Å². The molecule has 0 saturated carbocycles. The summed E-state index contributed by atoms with van der Waals surface area (Å²) in [6.07, 6.45) is 0. The molecule has 0 spiro atoms. The zero-order valence-corrected chi connectivity index (χ0v) is 18.1. The van der Waals surface area contributed by atoms with E-state index in [1.807, 2.05) is 0 Å². The van der Waals surface area contributed by atoms with Gasteiger partial charge < -0.3 is 15.5 Å². The number of hydrogen-bond acceptors (Lipinski definition) is 3. The molecule has 0 aliphatic heterocycles. The number of halogens is 3. The number of amides is 3. The molecule has 0 bridgehead atoms. The SMILES string of the molecule is CCN(CC(=O)NCc1ccc(F)cc1)C(=O)C(NC(=O)c1c(F)cccc1F)C(C)C. The fourth-order valence-corrected chi connectivity index (χ4v) is 3.02. The number of likely N-dealkylation sites (N-methyl/N-ethyl adjacent to an activating group) is 1. The lowest BCUT2D eigenvalue weighted by Crippen LogP contribution is -2.53. The van der Waals surface area contributed by atoms with Gasteiger partial charge in [-0.2, -0.15) is 0 Å². The molecule has 1 atom stereocenters. The van der Waals surface area contributed by atoms with Crippen molar-refractivity contribution in [1.82, 2.24) is 15.5 Å². The molecule has 6 nitrogen and oxygen atoms in total. The smallest absolute Gasteiger partial charge is 0.257 e. The third-order valence-corrected chi connectivity index (χ3v) is 4.84. The number of nitrogens with zero attached hydrogens (tertiary/aromatic N) is 1. The molecule has 9 heteroatoms. The van der Waals surface area contributed by atoms with Gasteiger partial charge in [0, 0.05) is 13.1 Å². The van der Waals surface area contributed by atoms with E-state index >= 15 is 0 Å². The lowest BCUT2D eigenvalue weighted by atomic mass is 10.0. The van der Waals surface area contributed by atoms with Gasteiger partial charge in [-0.1, -0.05) is 32.0 Å². The molecule has 0 saturated heterocycles. The first-order valence-corrected chi connectivity index (χ1v) is 10.2. The van der Waals surface area contributed by atoms with Gasteiger partial charge in [-0.15, -0.1) is 0 Å². The fraction of sp³-hybridized carbons (Fsp3) is 0.348. The molecule has 0 heterocycles. The van der Waals surface area contributed by atoms with Crippen molar-refractivity contribution in [3.05, 3.63) is 71.0 Å². The second-order valence-electron chi connectivity index (χ2n) is 7.55. The number of benzene rings is 2. The monoisotopic (exact) mass is 449 g/mol. The van der Waals surface area contributed by atoms with Gasteiger partial charge in [-0.3, -0.25) is 14.4 Å². The summed E-state index contributed by atoms with van der Waals surface area (Å²) >= 11 is 0. The van der Waals surface area contributed by atoms with E-state index in [1.165, 1.54) is 29.2 Å². The summed E-state index contributed by atoms with van der Waals surface area (Å²) in [6.45, 7) is 5.06. The molecule has 0 radical (unpaired) electrons. The van der Waals surface area contributed by atoms with Gasteiger partial charge in [-0.25, -0.2) is 13.2 Å². The van der Waals surface area contributed by atoms with Crippen molar-refractivity contribution < 1.29 is 27.6 Å². The predicted molar refractivity (Wildman–Crippen MR) is 113 cm³/mol. The highest BCUT2D eigenvalue weighted by Gasteiger charge is 2.30. The van der Waals surface area contributed by atoms with Crippen molar-refractivity contribution in [1.29, 1.82) is 0 Å². The minimum absolute atomic E-state index is 0.155. The molecule has 0 aromatic heterocycles. The second kappa shape index (κ2) is 11.3. The highest BCUT2D eigenvalue weighted by molar-refractivity contribution is 5.98. The van der Waals surface area contributed by atoms with E-state index in [-0.39, 0.29) is 25.5 Å². The first-order chi connectivity index (χ1) is 15.1. The highest BCUT2D eigenvalue weighted by atomic mass is 19.1. The third kappa shape index (κ3) is 6.57. The number of hydrogen-bond donors (Lipinski definition) is 2. The van der Waals surface area contributed by atoms with E-state index < -0.39 is 46.9 Å². The molecular weight excluding hydrogens is 423 g/mol. The van der Waals surface area contributed by atoms with Crippen molar-refractivity contribution in [2.24, 2.45) is 5.92 Å². The average molecular weight is 449 g/mol. The van der Waals surface area contributed by atoms with E-state index in [9.17, 15) is 27.6 Å². The predicted octanol–water partition coefficient (Wildman–Crippen LogP) is 3.02. The molecular formula is C23H26F3N3O3. The van der Waals surface area contributed by atoms with Gasteiger partial charge in [0.1, 0.15) is 29.1 Å². The van der Waals surface area contributed by atoms with Crippen molar-refractivity contribution in [3.8, 4) is 0 Å². The maximum atomic E-state index is 13.9. The molecule has 0 aliphatic carbocycles. The van der Waals surface area contributed by atoms with Crippen LogP contribution in [0.15, 0.2) is 42.5 Å². The molecule has 1 unspecified atom stereocenters. The van der Waals surface area contributed by atoms with Gasteiger partial charge in [0.15, 0.2) is 0 Å². The largest absolute Gasteiger partial charge is 0.350 e. The Morgan fingerprint density at radius 1 is 0.969 bits per heavy atom. The van der Waals surface area contributed by atoms with Crippen LogP contribution < -0.4 is 10.6 Å². The lowest BCUT2D eigenvalue weighted by Gasteiger charge is -2.28. The van der Waals surface area contributed by atoms with Gasteiger partial charge >= 0.3 is 0 Å². The van der Waals surface area contributed by atoms with Crippen LogP contribution in [0.5, 0.6) is 0 Å². The first-order valence-electron chi connectivity index (χ1n) is 10.2. The Bertz CT molecular complexity index is 944. The third-order valence-electron chi connectivity index (χ3n) is 4.84.